The number of hydrogen-bond donors (Lipinski definition) is 1. The summed E-state index contributed by atoms with van der Waals surface area (Å²) >= 11 is 6.11. The number of nitrogens with two attached hydrogens (primary N) is 1. The number of rotatable bonds is 5. The molecular formula is C18H20ClN3O2. The van der Waals surface area contributed by atoms with Crippen LogP contribution in [0.3, 0.4) is 0 Å². The summed E-state index contributed by atoms with van der Waals surface area (Å²) in [5.74, 6) is 2.11. The van der Waals surface area contributed by atoms with Gasteiger partial charge in [0.2, 0.25) is 0 Å². The Balaban J connectivity index is 2.18. The highest BCUT2D eigenvalue weighted by molar-refractivity contribution is 6.30. The molecule has 0 aliphatic heterocycles. The van der Waals surface area contributed by atoms with Crippen LogP contribution in [-0.4, -0.2) is 23.8 Å². The molecule has 126 valence electrons. The number of ether oxygens (including phenoxy) is 2. The van der Waals surface area contributed by atoms with E-state index in [4.69, 9.17) is 26.8 Å². The molecule has 24 heavy (non-hydrogen) atoms. The van der Waals surface area contributed by atoms with Crippen molar-refractivity contribution < 1.29 is 9.47 Å². The molecule has 1 atom stereocenters. The van der Waals surface area contributed by atoms with Crippen LogP contribution in [0.5, 0.6) is 11.5 Å². The molecule has 0 aliphatic rings. The summed E-state index contributed by atoms with van der Waals surface area (Å²) in [6, 6.07) is 11.4. The highest BCUT2D eigenvalue weighted by Gasteiger charge is 2.17. The van der Waals surface area contributed by atoms with Crippen molar-refractivity contribution in [3.63, 3.8) is 0 Å². The van der Waals surface area contributed by atoms with Crippen molar-refractivity contribution in [2.24, 2.45) is 5.73 Å². The van der Waals surface area contributed by atoms with Crippen molar-refractivity contribution in [2.75, 3.05) is 14.2 Å². The molecule has 1 unspecified atom stereocenters. The Hall–Kier alpha value is -2.24. The average molecular weight is 346 g/mol. The fourth-order valence-corrected chi connectivity index (χ4v) is 3.02. The highest BCUT2D eigenvalue weighted by atomic mass is 35.5. The summed E-state index contributed by atoms with van der Waals surface area (Å²) < 4.78 is 12.9. The number of fused-ring (bicyclic) bond motifs is 1. The Morgan fingerprint density at radius 3 is 2.50 bits per heavy atom. The van der Waals surface area contributed by atoms with Crippen LogP contribution in [0.2, 0.25) is 5.02 Å². The summed E-state index contributed by atoms with van der Waals surface area (Å²) in [4.78, 5) is 4.68. The van der Waals surface area contributed by atoms with Gasteiger partial charge in [0.15, 0.2) is 11.5 Å². The van der Waals surface area contributed by atoms with Gasteiger partial charge in [0.25, 0.3) is 0 Å². The van der Waals surface area contributed by atoms with E-state index in [-0.39, 0.29) is 6.04 Å². The van der Waals surface area contributed by atoms with Gasteiger partial charge in [0.05, 0.1) is 31.3 Å². The molecule has 0 fully saturated rings. The number of imidazole rings is 1. The lowest BCUT2D eigenvalue weighted by molar-refractivity contribution is 0.355. The first-order valence-corrected chi connectivity index (χ1v) is 8.03. The van der Waals surface area contributed by atoms with Gasteiger partial charge in [-0.15, -0.1) is 0 Å². The Morgan fingerprint density at radius 2 is 1.88 bits per heavy atom. The fraction of sp³-hybridized carbons (Fsp3) is 0.278. The monoisotopic (exact) mass is 345 g/mol. The van der Waals surface area contributed by atoms with E-state index in [1.807, 2.05) is 43.3 Å². The van der Waals surface area contributed by atoms with Crippen molar-refractivity contribution in [3.05, 3.63) is 52.8 Å². The van der Waals surface area contributed by atoms with E-state index in [1.54, 1.807) is 14.2 Å². The Labute approximate surface area is 146 Å². The molecule has 5 nitrogen and oxygen atoms in total. The first-order valence-electron chi connectivity index (χ1n) is 7.65. The minimum absolute atomic E-state index is 0.200. The molecule has 6 heteroatoms. The third-order valence-corrected chi connectivity index (χ3v) is 4.16. The molecule has 2 aromatic carbocycles. The van der Waals surface area contributed by atoms with Gasteiger partial charge in [-0.2, -0.15) is 0 Å². The molecular weight excluding hydrogens is 326 g/mol. The molecule has 0 aliphatic carbocycles. The lowest BCUT2D eigenvalue weighted by Gasteiger charge is -2.13. The van der Waals surface area contributed by atoms with E-state index in [9.17, 15) is 0 Å². The molecule has 0 saturated carbocycles. The second-order valence-corrected chi connectivity index (χ2v) is 6.11. The second kappa shape index (κ2) is 6.71. The van der Waals surface area contributed by atoms with Crippen molar-refractivity contribution in [3.8, 4) is 11.5 Å². The van der Waals surface area contributed by atoms with E-state index >= 15 is 0 Å². The second-order valence-electron chi connectivity index (χ2n) is 5.67. The van der Waals surface area contributed by atoms with E-state index in [0.29, 0.717) is 23.1 Å². The smallest absolute Gasteiger partial charge is 0.163 e. The molecule has 0 amide bonds. The van der Waals surface area contributed by atoms with E-state index in [1.165, 1.54) is 0 Å². The van der Waals surface area contributed by atoms with E-state index < -0.39 is 0 Å². The van der Waals surface area contributed by atoms with Crippen LogP contribution >= 0.6 is 11.6 Å². The van der Waals surface area contributed by atoms with Gasteiger partial charge in [-0.05, 0) is 24.6 Å². The SMILES string of the molecule is COc1cc2nc(C(C)N)n(Cc3cccc(Cl)c3)c2cc1OC. The Kier molecular flexibility index (Phi) is 4.64. The van der Waals surface area contributed by atoms with Gasteiger partial charge in [-0.25, -0.2) is 4.98 Å². The zero-order valence-corrected chi connectivity index (χ0v) is 14.7. The van der Waals surface area contributed by atoms with Gasteiger partial charge in [0, 0.05) is 23.7 Å². The molecule has 3 rings (SSSR count). The lowest BCUT2D eigenvalue weighted by Crippen LogP contribution is -2.14. The topological polar surface area (TPSA) is 62.3 Å². The van der Waals surface area contributed by atoms with Gasteiger partial charge in [-0.3, -0.25) is 0 Å². The molecule has 0 saturated heterocycles. The minimum Gasteiger partial charge on any atom is -0.493 e. The van der Waals surface area contributed by atoms with Gasteiger partial charge < -0.3 is 19.8 Å². The van der Waals surface area contributed by atoms with Crippen LogP contribution in [0, 0.1) is 0 Å². The summed E-state index contributed by atoms with van der Waals surface area (Å²) in [7, 11) is 3.23. The third-order valence-electron chi connectivity index (χ3n) is 3.92. The average Bonchev–Trinajstić information content (AvgIpc) is 2.91. The van der Waals surface area contributed by atoms with Crippen LogP contribution in [0.15, 0.2) is 36.4 Å². The van der Waals surface area contributed by atoms with Crippen LogP contribution in [0.4, 0.5) is 0 Å². The number of hydrogen-bond acceptors (Lipinski definition) is 4. The first kappa shape index (κ1) is 16.6. The van der Waals surface area contributed by atoms with Gasteiger partial charge >= 0.3 is 0 Å². The standard InChI is InChI=1S/C18H20ClN3O2/c1-11(20)18-21-14-8-16(23-2)17(24-3)9-15(14)22(18)10-12-5-4-6-13(19)7-12/h4-9,11H,10,20H2,1-3H3. The third kappa shape index (κ3) is 3.05. The summed E-state index contributed by atoms with van der Waals surface area (Å²) in [5, 5.41) is 0.707. The molecule has 3 aromatic rings. The number of nitrogens with zero attached hydrogens (tertiary/aromatic N) is 2. The maximum Gasteiger partial charge on any atom is 0.163 e. The predicted octanol–water partition coefficient (Wildman–Crippen LogP) is 3.77. The number of halogens is 1. The van der Waals surface area contributed by atoms with Crippen molar-refractivity contribution >= 4 is 22.6 Å². The minimum atomic E-state index is -0.200. The number of aromatic nitrogens is 2. The molecule has 1 heterocycles. The molecule has 0 bridgehead atoms. The largest absolute Gasteiger partial charge is 0.493 e. The zero-order valence-electron chi connectivity index (χ0n) is 13.9. The number of benzene rings is 2. The molecule has 0 radical (unpaired) electrons. The van der Waals surface area contributed by atoms with E-state index in [2.05, 4.69) is 9.55 Å². The van der Waals surface area contributed by atoms with Crippen LogP contribution in [0.25, 0.3) is 11.0 Å². The quantitative estimate of drug-likeness (QED) is 0.764. The van der Waals surface area contributed by atoms with Gasteiger partial charge in [-0.1, -0.05) is 23.7 Å². The first-order chi connectivity index (χ1) is 11.5. The van der Waals surface area contributed by atoms with Crippen LogP contribution in [-0.2, 0) is 6.54 Å². The van der Waals surface area contributed by atoms with Crippen molar-refractivity contribution in [2.45, 2.75) is 19.5 Å². The predicted molar refractivity (Wildman–Crippen MR) is 96.0 cm³/mol. The summed E-state index contributed by atoms with van der Waals surface area (Å²) in [6.45, 7) is 2.55. The van der Waals surface area contributed by atoms with Gasteiger partial charge in [0.1, 0.15) is 5.82 Å². The molecule has 1 aromatic heterocycles. The number of methoxy groups -OCH3 is 2. The fourth-order valence-electron chi connectivity index (χ4n) is 2.80. The normalized spacial score (nSPS) is 12.4. The highest BCUT2D eigenvalue weighted by Crippen LogP contribution is 2.33. The van der Waals surface area contributed by atoms with Crippen molar-refractivity contribution in [1.82, 2.24) is 9.55 Å². The molecule has 0 spiro atoms. The maximum atomic E-state index is 6.13. The maximum absolute atomic E-state index is 6.13. The Bertz CT molecular complexity index is 874. The molecule has 2 N–H and O–H groups in total. The van der Waals surface area contributed by atoms with Crippen LogP contribution < -0.4 is 15.2 Å². The summed E-state index contributed by atoms with van der Waals surface area (Å²) in [5.41, 5.74) is 8.98. The lowest BCUT2D eigenvalue weighted by atomic mass is 10.2. The van der Waals surface area contributed by atoms with E-state index in [0.717, 1.165) is 22.4 Å². The van der Waals surface area contributed by atoms with Crippen LogP contribution in [0.1, 0.15) is 24.4 Å². The Morgan fingerprint density at radius 1 is 1.17 bits per heavy atom. The van der Waals surface area contributed by atoms with Crippen molar-refractivity contribution in [1.29, 1.82) is 0 Å². The summed E-state index contributed by atoms with van der Waals surface area (Å²) in [6.07, 6.45) is 0. The zero-order chi connectivity index (χ0) is 17.3.